The Balaban J connectivity index is 2.25. The predicted molar refractivity (Wildman–Crippen MR) is 51.7 cm³/mol. The lowest BCUT2D eigenvalue weighted by molar-refractivity contribution is -0.122. The summed E-state index contributed by atoms with van der Waals surface area (Å²) in [5, 5.41) is 22.4. The summed E-state index contributed by atoms with van der Waals surface area (Å²) in [4.78, 5) is 11.3. The molecular formula is C8H15N5O2. The van der Waals surface area contributed by atoms with Crippen LogP contribution in [0, 0.1) is 5.92 Å². The van der Waals surface area contributed by atoms with Crippen LogP contribution in [0.1, 0.15) is 13.8 Å². The molecule has 0 radical (unpaired) electrons. The third kappa shape index (κ3) is 4.03. The van der Waals surface area contributed by atoms with Gasteiger partial charge in [-0.1, -0.05) is 13.8 Å². The molecule has 1 aromatic heterocycles. The number of carbonyl (C=O) groups excluding carboxylic acids is 1. The fourth-order valence-corrected chi connectivity index (χ4v) is 0.910. The average Bonchev–Trinajstić information content (AvgIpc) is 2.66. The molecule has 2 N–H and O–H groups in total. The summed E-state index contributed by atoms with van der Waals surface area (Å²) >= 11 is 0. The summed E-state index contributed by atoms with van der Waals surface area (Å²) in [5.74, 6) is -0.0969. The number of hydrogen-bond donors (Lipinski definition) is 2. The topological polar surface area (TPSA) is 92.9 Å². The van der Waals surface area contributed by atoms with Crippen molar-refractivity contribution in [1.29, 1.82) is 0 Å². The van der Waals surface area contributed by atoms with E-state index in [9.17, 15) is 9.90 Å². The minimum Gasteiger partial charge on any atom is -0.391 e. The molecular weight excluding hydrogens is 198 g/mol. The lowest BCUT2D eigenvalue weighted by Crippen LogP contribution is -2.36. The number of nitrogens with zero attached hydrogens (tertiary/aromatic N) is 4. The highest BCUT2D eigenvalue weighted by molar-refractivity contribution is 5.75. The Bertz CT molecular complexity index is 298. The van der Waals surface area contributed by atoms with E-state index >= 15 is 0 Å². The van der Waals surface area contributed by atoms with Gasteiger partial charge in [0, 0.05) is 6.54 Å². The van der Waals surface area contributed by atoms with Gasteiger partial charge in [-0.2, -0.15) is 0 Å². The van der Waals surface area contributed by atoms with Crippen molar-refractivity contribution in [3.05, 3.63) is 6.33 Å². The molecule has 1 heterocycles. The van der Waals surface area contributed by atoms with Crippen LogP contribution in [0.3, 0.4) is 0 Å². The minimum atomic E-state index is -0.525. The Morgan fingerprint density at radius 1 is 1.60 bits per heavy atom. The molecule has 0 aliphatic carbocycles. The molecule has 0 saturated heterocycles. The van der Waals surface area contributed by atoms with Crippen molar-refractivity contribution in [2.45, 2.75) is 26.5 Å². The molecule has 0 aliphatic heterocycles. The highest BCUT2D eigenvalue weighted by Crippen LogP contribution is 1.98. The van der Waals surface area contributed by atoms with Gasteiger partial charge in [0.15, 0.2) is 0 Å². The first kappa shape index (κ1) is 11.6. The quantitative estimate of drug-likeness (QED) is 0.641. The number of aliphatic hydroxyl groups excluding tert-OH is 1. The first-order valence-electron chi connectivity index (χ1n) is 4.75. The molecule has 0 aromatic carbocycles. The Kier molecular flexibility index (Phi) is 4.17. The molecule has 1 rings (SSSR count). The second-order valence-electron chi connectivity index (χ2n) is 3.62. The minimum absolute atomic E-state index is 0.0673. The molecule has 0 bridgehead atoms. The molecule has 0 aliphatic rings. The van der Waals surface area contributed by atoms with Gasteiger partial charge in [-0.05, 0) is 16.3 Å². The van der Waals surface area contributed by atoms with Gasteiger partial charge in [-0.25, -0.2) is 4.68 Å². The maximum absolute atomic E-state index is 11.3. The van der Waals surface area contributed by atoms with Crippen LogP contribution in [0.2, 0.25) is 0 Å². The summed E-state index contributed by atoms with van der Waals surface area (Å²) in [6.07, 6.45) is 0.834. The highest BCUT2D eigenvalue weighted by Gasteiger charge is 2.10. The van der Waals surface area contributed by atoms with Gasteiger partial charge in [0.2, 0.25) is 5.91 Å². The van der Waals surface area contributed by atoms with Crippen LogP contribution in [-0.4, -0.2) is 43.9 Å². The van der Waals surface area contributed by atoms with Gasteiger partial charge in [-0.3, -0.25) is 4.79 Å². The van der Waals surface area contributed by atoms with Crippen molar-refractivity contribution >= 4 is 5.91 Å². The normalized spacial score (nSPS) is 12.8. The lowest BCUT2D eigenvalue weighted by Gasteiger charge is -2.14. The predicted octanol–water partition coefficient (Wildman–Crippen LogP) is -1.19. The van der Waals surface area contributed by atoms with Crippen molar-refractivity contribution in [2.75, 3.05) is 6.54 Å². The molecule has 1 atom stereocenters. The summed E-state index contributed by atoms with van der Waals surface area (Å²) < 4.78 is 1.32. The lowest BCUT2D eigenvalue weighted by atomic mass is 10.1. The van der Waals surface area contributed by atoms with Crippen molar-refractivity contribution in [3.63, 3.8) is 0 Å². The van der Waals surface area contributed by atoms with E-state index < -0.39 is 6.10 Å². The second-order valence-corrected chi connectivity index (χ2v) is 3.62. The maximum Gasteiger partial charge on any atom is 0.241 e. The van der Waals surface area contributed by atoms with E-state index in [-0.39, 0.29) is 24.9 Å². The van der Waals surface area contributed by atoms with Crippen LogP contribution in [0.25, 0.3) is 0 Å². The number of tetrazole rings is 1. The van der Waals surface area contributed by atoms with Crippen LogP contribution < -0.4 is 5.32 Å². The zero-order valence-electron chi connectivity index (χ0n) is 8.79. The first-order valence-corrected chi connectivity index (χ1v) is 4.75. The van der Waals surface area contributed by atoms with Gasteiger partial charge in [0.05, 0.1) is 6.10 Å². The van der Waals surface area contributed by atoms with E-state index in [1.54, 1.807) is 0 Å². The Hall–Kier alpha value is -1.50. The molecule has 0 fully saturated rings. The van der Waals surface area contributed by atoms with Gasteiger partial charge in [-0.15, -0.1) is 5.10 Å². The first-order chi connectivity index (χ1) is 7.09. The molecule has 0 spiro atoms. The number of amides is 1. The Morgan fingerprint density at radius 3 is 2.87 bits per heavy atom. The highest BCUT2D eigenvalue weighted by atomic mass is 16.3. The maximum atomic E-state index is 11.3. The average molecular weight is 213 g/mol. The van der Waals surface area contributed by atoms with E-state index in [1.165, 1.54) is 11.0 Å². The molecule has 7 nitrogen and oxygen atoms in total. The van der Waals surface area contributed by atoms with Gasteiger partial charge < -0.3 is 10.4 Å². The van der Waals surface area contributed by atoms with Crippen molar-refractivity contribution in [1.82, 2.24) is 25.5 Å². The number of nitrogens with one attached hydrogen (secondary N) is 1. The number of aromatic nitrogens is 4. The standard InChI is InChI=1S/C8H15N5O2/c1-6(2)7(14)3-9-8(15)4-13-5-10-11-12-13/h5-7,14H,3-4H2,1-2H3,(H,9,15). The van der Waals surface area contributed by atoms with E-state index in [0.29, 0.717) is 0 Å². The van der Waals surface area contributed by atoms with Crippen LogP contribution in [0.5, 0.6) is 0 Å². The molecule has 1 unspecified atom stereocenters. The molecule has 0 saturated carbocycles. The number of aliphatic hydroxyl groups is 1. The number of hydrogen-bond acceptors (Lipinski definition) is 5. The van der Waals surface area contributed by atoms with E-state index in [1.807, 2.05) is 13.8 Å². The van der Waals surface area contributed by atoms with E-state index in [2.05, 4.69) is 20.8 Å². The molecule has 1 amide bonds. The fourth-order valence-electron chi connectivity index (χ4n) is 0.910. The van der Waals surface area contributed by atoms with Gasteiger partial charge >= 0.3 is 0 Å². The zero-order valence-corrected chi connectivity index (χ0v) is 8.79. The van der Waals surface area contributed by atoms with Crippen LogP contribution in [-0.2, 0) is 11.3 Å². The van der Waals surface area contributed by atoms with Gasteiger partial charge in [0.1, 0.15) is 12.9 Å². The SMILES string of the molecule is CC(C)C(O)CNC(=O)Cn1cnnn1. The molecule has 84 valence electrons. The van der Waals surface area contributed by atoms with E-state index in [0.717, 1.165) is 0 Å². The van der Waals surface area contributed by atoms with Crippen LogP contribution in [0.15, 0.2) is 6.33 Å². The van der Waals surface area contributed by atoms with Crippen LogP contribution >= 0.6 is 0 Å². The molecule has 1 aromatic rings. The fraction of sp³-hybridized carbons (Fsp3) is 0.750. The van der Waals surface area contributed by atoms with Gasteiger partial charge in [0.25, 0.3) is 0 Å². The Morgan fingerprint density at radius 2 is 2.33 bits per heavy atom. The molecule has 15 heavy (non-hydrogen) atoms. The van der Waals surface area contributed by atoms with Crippen LogP contribution in [0.4, 0.5) is 0 Å². The summed E-state index contributed by atoms with van der Waals surface area (Å²) in [6.45, 7) is 4.09. The smallest absolute Gasteiger partial charge is 0.241 e. The number of carbonyl (C=O) groups is 1. The number of rotatable bonds is 5. The largest absolute Gasteiger partial charge is 0.391 e. The summed E-state index contributed by atoms with van der Waals surface area (Å²) in [7, 11) is 0. The summed E-state index contributed by atoms with van der Waals surface area (Å²) in [6, 6.07) is 0. The third-order valence-electron chi connectivity index (χ3n) is 1.97. The van der Waals surface area contributed by atoms with Crippen molar-refractivity contribution < 1.29 is 9.90 Å². The monoisotopic (exact) mass is 213 g/mol. The second kappa shape index (κ2) is 5.40. The van der Waals surface area contributed by atoms with E-state index in [4.69, 9.17) is 0 Å². The molecule has 7 heteroatoms. The third-order valence-corrected chi connectivity index (χ3v) is 1.97. The van der Waals surface area contributed by atoms with Crippen molar-refractivity contribution in [2.24, 2.45) is 5.92 Å². The Labute approximate surface area is 87.5 Å². The zero-order chi connectivity index (χ0) is 11.3. The summed E-state index contributed by atoms with van der Waals surface area (Å²) in [5.41, 5.74) is 0. The van der Waals surface area contributed by atoms with Crippen molar-refractivity contribution in [3.8, 4) is 0 Å².